The monoisotopic (exact) mass is 404 g/mol. The number of carbonyl (C=O) groups excluding carboxylic acids is 1. The molecule has 0 spiro atoms. The summed E-state index contributed by atoms with van der Waals surface area (Å²) in [4.78, 5) is 15.1. The zero-order valence-electron chi connectivity index (χ0n) is 17.8. The van der Waals surface area contributed by atoms with Crippen molar-refractivity contribution in [2.45, 2.75) is 39.3 Å². The molecule has 0 atom stereocenters. The topological polar surface area (TPSA) is 59.4 Å². The molecule has 6 heteroatoms. The number of para-hydroxylation sites is 1. The summed E-state index contributed by atoms with van der Waals surface area (Å²) in [5.41, 5.74) is 4.71. The van der Waals surface area contributed by atoms with E-state index in [1.807, 2.05) is 61.0 Å². The third kappa shape index (κ3) is 4.54. The van der Waals surface area contributed by atoms with E-state index in [-0.39, 0.29) is 5.91 Å². The van der Waals surface area contributed by atoms with Crippen LogP contribution in [0.5, 0.6) is 5.75 Å². The van der Waals surface area contributed by atoms with Gasteiger partial charge in [-0.2, -0.15) is 5.10 Å². The molecule has 1 fully saturated rings. The average Bonchev–Trinajstić information content (AvgIpc) is 3.57. The first-order valence-electron chi connectivity index (χ1n) is 10.3. The van der Waals surface area contributed by atoms with Gasteiger partial charge in [-0.25, -0.2) is 4.68 Å². The van der Waals surface area contributed by atoms with Gasteiger partial charge in [-0.15, -0.1) is 0 Å². The van der Waals surface area contributed by atoms with Gasteiger partial charge < -0.3 is 10.1 Å². The SMILES string of the molecule is COc1ccc(CN(CC(=O)Nc2c(C)nn(-c3ccccc3)c2C)C2CC2)cc1. The van der Waals surface area contributed by atoms with Crippen molar-refractivity contribution in [1.29, 1.82) is 0 Å². The molecule has 6 nitrogen and oxygen atoms in total. The van der Waals surface area contributed by atoms with E-state index >= 15 is 0 Å². The molecule has 0 bridgehead atoms. The number of anilines is 1. The van der Waals surface area contributed by atoms with Crippen molar-refractivity contribution >= 4 is 11.6 Å². The molecule has 1 aliphatic carbocycles. The highest BCUT2D eigenvalue weighted by atomic mass is 16.5. The first kappa shape index (κ1) is 20.2. The van der Waals surface area contributed by atoms with Gasteiger partial charge in [-0.1, -0.05) is 30.3 Å². The third-order valence-electron chi connectivity index (χ3n) is 5.51. The molecule has 30 heavy (non-hydrogen) atoms. The van der Waals surface area contributed by atoms with Crippen LogP contribution in [-0.2, 0) is 11.3 Å². The van der Waals surface area contributed by atoms with Crippen LogP contribution in [0.15, 0.2) is 54.6 Å². The summed E-state index contributed by atoms with van der Waals surface area (Å²) in [7, 11) is 1.67. The summed E-state index contributed by atoms with van der Waals surface area (Å²) < 4.78 is 7.11. The molecule has 3 aromatic rings. The fraction of sp³-hybridized carbons (Fsp3) is 0.333. The highest BCUT2D eigenvalue weighted by Gasteiger charge is 2.30. The Morgan fingerprint density at radius 3 is 2.47 bits per heavy atom. The molecule has 1 aliphatic rings. The fourth-order valence-corrected chi connectivity index (χ4v) is 3.73. The lowest BCUT2D eigenvalue weighted by Crippen LogP contribution is -2.34. The van der Waals surface area contributed by atoms with Crippen LogP contribution in [0.1, 0.15) is 29.8 Å². The van der Waals surface area contributed by atoms with E-state index in [2.05, 4.69) is 27.4 Å². The number of carbonyl (C=O) groups is 1. The lowest BCUT2D eigenvalue weighted by Gasteiger charge is -2.21. The minimum absolute atomic E-state index is 0.00535. The second kappa shape index (κ2) is 8.71. The Morgan fingerprint density at radius 1 is 1.13 bits per heavy atom. The summed E-state index contributed by atoms with van der Waals surface area (Å²) in [6.07, 6.45) is 2.29. The van der Waals surface area contributed by atoms with Gasteiger partial charge in [0.15, 0.2) is 0 Å². The number of aryl methyl sites for hydroxylation is 1. The van der Waals surface area contributed by atoms with Crippen LogP contribution in [0.25, 0.3) is 5.69 Å². The average molecular weight is 405 g/mol. The summed E-state index contributed by atoms with van der Waals surface area (Å²) in [6, 6.07) is 18.5. The van der Waals surface area contributed by atoms with Crippen LogP contribution < -0.4 is 10.1 Å². The Kier molecular flexibility index (Phi) is 5.86. The largest absolute Gasteiger partial charge is 0.497 e. The Balaban J connectivity index is 1.44. The van der Waals surface area contributed by atoms with Crippen molar-refractivity contribution in [3.8, 4) is 11.4 Å². The molecule has 156 valence electrons. The molecule has 1 N–H and O–H groups in total. The zero-order chi connectivity index (χ0) is 21.1. The number of nitrogens with zero attached hydrogens (tertiary/aromatic N) is 3. The normalized spacial score (nSPS) is 13.5. The number of ether oxygens (including phenoxy) is 1. The number of benzene rings is 2. The highest BCUT2D eigenvalue weighted by Crippen LogP contribution is 2.29. The van der Waals surface area contributed by atoms with Crippen LogP contribution >= 0.6 is 0 Å². The molecular formula is C24H28N4O2. The number of hydrogen-bond acceptors (Lipinski definition) is 4. The van der Waals surface area contributed by atoms with Crippen molar-refractivity contribution in [1.82, 2.24) is 14.7 Å². The molecule has 0 aliphatic heterocycles. The van der Waals surface area contributed by atoms with Gasteiger partial charge in [-0.3, -0.25) is 9.69 Å². The highest BCUT2D eigenvalue weighted by molar-refractivity contribution is 5.93. The van der Waals surface area contributed by atoms with E-state index in [0.717, 1.165) is 47.9 Å². The number of hydrogen-bond donors (Lipinski definition) is 1. The fourth-order valence-electron chi connectivity index (χ4n) is 3.73. The maximum absolute atomic E-state index is 12.9. The lowest BCUT2D eigenvalue weighted by molar-refractivity contribution is -0.117. The quantitative estimate of drug-likeness (QED) is 0.614. The number of methoxy groups -OCH3 is 1. The van der Waals surface area contributed by atoms with Crippen molar-refractivity contribution in [2.24, 2.45) is 0 Å². The maximum atomic E-state index is 12.9. The molecule has 1 heterocycles. The predicted molar refractivity (Wildman–Crippen MR) is 118 cm³/mol. The Hall–Kier alpha value is -3.12. The number of amides is 1. The van der Waals surface area contributed by atoms with Crippen LogP contribution in [0.3, 0.4) is 0 Å². The number of nitrogens with one attached hydrogen (secondary N) is 1. The van der Waals surface area contributed by atoms with Crippen LogP contribution in [0.4, 0.5) is 5.69 Å². The molecule has 1 amide bonds. The van der Waals surface area contributed by atoms with Crippen LogP contribution in [0.2, 0.25) is 0 Å². The van der Waals surface area contributed by atoms with Gasteiger partial charge in [0.2, 0.25) is 5.91 Å². The molecule has 1 saturated carbocycles. The van der Waals surface area contributed by atoms with E-state index in [1.54, 1.807) is 7.11 Å². The van der Waals surface area contributed by atoms with Crippen LogP contribution in [0, 0.1) is 13.8 Å². The Labute approximate surface area is 177 Å². The third-order valence-corrected chi connectivity index (χ3v) is 5.51. The summed E-state index contributed by atoms with van der Waals surface area (Å²) >= 11 is 0. The van der Waals surface area contributed by atoms with Gasteiger partial charge in [0, 0.05) is 12.6 Å². The van der Waals surface area contributed by atoms with Crippen molar-refractivity contribution in [3.05, 3.63) is 71.5 Å². The van der Waals surface area contributed by atoms with Crippen molar-refractivity contribution < 1.29 is 9.53 Å². The Bertz CT molecular complexity index is 1010. The molecule has 0 radical (unpaired) electrons. The van der Waals surface area contributed by atoms with E-state index in [0.29, 0.717) is 12.6 Å². The first-order valence-corrected chi connectivity index (χ1v) is 10.3. The van der Waals surface area contributed by atoms with Gasteiger partial charge in [-0.05, 0) is 56.5 Å². The minimum Gasteiger partial charge on any atom is -0.497 e. The standard InChI is InChI=1S/C24H28N4O2/c1-17-24(18(2)28(26-17)21-7-5-4-6-8-21)25-23(29)16-27(20-11-12-20)15-19-9-13-22(30-3)14-10-19/h4-10,13-14,20H,11-12,15-16H2,1-3H3,(H,25,29). The van der Waals surface area contributed by atoms with Crippen molar-refractivity contribution in [2.75, 3.05) is 19.0 Å². The van der Waals surface area contributed by atoms with Crippen molar-refractivity contribution in [3.63, 3.8) is 0 Å². The summed E-state index contributed by atoms with van der Waals surface area (Å²) in [5.74, 6) is 0.838. The van der Waals surface area contributed by atoms with E-state index in [4.69, 9.17) is 4.74 Å². The van der Waals surface area contributed by atoms with Crippen LogP contribution in [-0.4, -0.2) is 40.3 Å². The van der Waals surface area contributed by atoms with Gasteiger partial charge in [0.05, 0.1) is 36.4 Å². The molecule has 0 unspecified atom stereocenters. The Morgan fingerprint density at radius 2 is 1.83 bits per heavy atom. The van der Waals surface area contributed by atoms with Gasteiger partial charge >= 0.3 is 0 Å². The first-order chi connectivity index (χ1) is 14.5. The lowest BCUT2D eigenvalue weighted by atomic mass is 10.2. The predicted octanol–water partition coefficient (Wildman–Crippen LogP) is 4.10. The van der Waals surface area contributed by atoms with E-state index < -0.39 is 0 Å². The van der Waals surface area contributed by atoms with Gasteiger partial charge in [0.1, 0.15) is 5.75 Å². The zero-order valence-corrected chi connectivity index (χ0v) is 17.8. The second-order valence-corrected chi connectivity index (χ2v) is 7.83. The number of aromatic nitrogens is 2. The summed E-state index contributed by atoms with van der Waals surface area (Å²) in [5, 5.41) is 7.72. The van der Waals surface area contributed by atoms with E-state index in [9.17, 15) is 4.79 Å². The number of rotatable bonds is 8. The second-order valence-electron chi connectivity index (χ2n) is 7.83. The molecular weight excluding hydrogens is 376 g/mol. The molecule has 2 aromatic carbocycles. The smallest absolute Gasteiger partial charge is 0.238 e. The maximum Gasteiger partial charge on any atom is 0.238 e. The summed E-state index contributed by atoms with van der Waals surface area (Å²) in [6.45, 7) is 5.03. The molecule has 0 saturated heterocycles. The molecule has 1 aromatic heterocycles. The minimum atomic E-state index is -0.00535. The van der Waals surface area contributed by atoms with Gasteiger partial charge in [0.25, 0.3) is 0 Å². The van der Waals surface area contributed by atoms with E-state index in [1.165, 1.54) is 5.56 Å². The molecule has 4 rings (SSSR count).